The Morgan fingerprint density at radius 2 is 2.20 bits per heavy atom. The third-order valence-electron chi connectivity index (χ3n) is 3.14. The maximum atomic E-state index is 11.8. The number of anilines is 2. The predicted octanol–water partition coefficient (Wildman–Crippen LogP) is 2.42. The van der Waals surface area contributed by atoms with Gasteiger partial charge in [-0.25, -0.2) is 0 Å². The van der Waals surface area contributed by atoms with E-state index in [1.54, 1.807) is 17.0 Å². The third-order valence-corrected chi connectivity index (χ3v) is 3.14. The van der Waals surface area contributed by atoms with E-state index in [1.165, 1.54) is 0 Å². The Morgan fingerprint density at radius 1 is 1.45 bits per heavy atom. The molecule has 0 saturated heterocycles. The summed E-state index contributed by atoms with van der Waals surface area (Å²) in [6, 6.07) is 5.38. The number of carbonyl (C=O) groups excluding carboxylic acids is 2. The summed E-state index contributed by atoms with van der Waals surface area (Å²) in [4.78, 5) is 25.2. The second kappa shape index (κ2) is 5.94. The smallest absolute Gasteiger partial charge is 0.265 e. The highest BCUT2D eigenvalue weighted by molar-refractivity contribution is 5.99. The quantitative estimate of drug-likeness (QED) is 0.918. The number of hydrogen-bond acceptors (Lipinski definition) is 3. The van der Waals surface area contributed by atoms with Gasteiger partial charge in [0.15, 0.2) is 6.61 Å². The molecule has 2 amide bonds. The molecule has 2 rings (SSSR count). The minimum Gasteiger partial charge on any atom is -0.481 e. The molecule has 1 N–H and O–H groups in total. The SMILES string of the molecule is CCCN1C(=O)COc2cc(NC(=O)C(C)C)ccc21. The average Bonchev–Trinajstić information content (AvgIpc) is 2.42. The summed E-state index contributed by atoms with van der Waals surface area (Å²) in [5.74, 6) is 0.491. The molecule has 0 spiro atoms. The van der Waals surface area contributed by atoms with Crippen molar-refractivity contribution in [3.8, 4) is 5.75 Å². The van der Waals surface area contributed by atoms with Crippen LogP contribution in [-0.2, 0) is 9.59 Å². The van der Waals surface area contributed by atoms with Crippen molar-refractivity contribution in [2.75, 3.05) is 23.4 Å². The zero-order valence-electron chi connectivity index (χ0n) is 12.1. The molecule has 0 unspecified atom stereocenters. The predicted molar refractivity (Wildman–Crippen MR) is 78.0 cm³/mol. The van der Waals surface area contributed by atoms with Gasteiger partial charge in [0.05, 0.1) is 5.69 Å². The minimum atomic E-state index is -0.0786. The molecule has 5 heteroatoms. The van der Waals surface area contributed by atoms with E-state index in [1.807, 2.05) is 26.8 Å². The van der Waals surface area contributed by atoms with Crippen molar-refractivity contribution in [2.45, 2.75) is 27.2 Å². The number of fused-ring (bicyclic) bond motifs is 1. The molecule has 1 aliphatic heterocycles. The number of ether oxygens (including phenoxy) is 1. The van der Waals surface area contributed by atoms with Crippen molar-refractivity contribution in [1.29, 1.82) is 0 Å². The van der Waals surface area contributed by atoms with Crippen LogP contribution in [0, 0.1) is 5.92 Å². The van der Waals surface area contributed by atoms with Gasteiger partial charge in [-0.2, -0.15) is 0 Å². The van der Waals surface area contributed by atoms with Crippen LogP contribution in [0.25, 0.3) is 0 Å². The van der Waals surface area contributed by atoms with Crippen molar-refractivity contribution in [3.05, 3.63) is 18.2 Å². The molecule has 20 heavy (non-hydrogen) atoms. The van der Waals surface area contributed by atoms with Gasteiger partial charge in [-0.15, -0.1) is 0 Å². The summed E-state index contributed by atoms with van der Waals surface area (Å²) in [5.41, 5.74) is 1.46. The zero-order chi connectivity index (χ0) is 14.7. The van der Waals surface area contributed by atoms with E-state index in [-0.39, 0.29) is 24.3 Å². The van der Waals surface area contributed by atoms with Crippen LogP contribution in [0.4, 0.5) is 11.4 Å². The first kappa shape index (κ1) is 14.4. The number of carbonyl (C=O) groups is 2. The van der Waals surface area contributed by atoms with Crippen LogP contribution in [0.3, 0.4) is 0 Å². The van der Waals surface area contributed by atoms with Gasteiger partial charge in [0.25, 0.3) is 5.91 Å². The first-order valence-corrected chi connectivity index (χ1v) is 6.91. The van der Waals surface area contributed by atoms with Crippen molar-refractivity contribution >= 4 is 23.2 Å². The summed E-state index contributed by atoms with van der Waals surface area (Å²) < 4.78 is 5.45. The molecule has 0 bridgehead atoms. The Balaban J connectivity index is 2.23. The lowest BCUT2D eigenvalue weighted by Crippen LogP contribution is -2.39. The van der Waals surface area contributed by atoms with E-state index in [4.69, 9.17) is 4.74 Å². The molecular formula is C15H20N2O3. The van der Waals surface area contributed by atoms with E-state index >= 15 is 0 Å². The van der Waals surface area contributed by atoms with Crippen LogP contribution >= 0.6 is 0 Å². The topological polar surface area (TPSA) is 58.6 Å². The molecule has 0 fully saturated rings. The summed E-state index contributed by atoms with van der Waals surface area (Å²) in [7, 11) is 0. The summed E-state index contributed by atoms with van der Waals surface area (Å²) in [6.07, 6.45) is 0.886. The number of amides is 2. The number of hydrogen-bond donors (Lipinski definition) is 1. The first-order valence-electron chi connectivity index (χ1n) is 6.91. The molecule has 0 atom stereocenters. The Labute approximate surface area is 118 Å². The average molecular weight is 276 g/mol. The molecular weight excluding hydrogens is 256 g/mol. The van der Waals surface area contributed by atoms with Crippen LogP contribution in [0.15, 0.2) is 18.2 Å². The second-order valence-corrected chi connectivity index (χ2v) is 5.16. The Morgan fingerprint density at radius 3 is 2.85 bits per heavy atom. The minimum absolute atomic E-state index is 0.0293. The Kier molecular flexibility index (Phi) is 4.27. The van der Waals surface area contributed by atoms with Crippen molar-refractivity contribution < 1.29 is 14.3 Å². The Hall–Kier alpha value is -2.04. The molecule has 0 saturated carbocycles. The van der Waals surface area contributed by atoms with Gasteiger partial charge < -0.3 is 15.0 Å². The maximum Gasteiger partial charge on any atom is 0.265 e. The van der Waals surface area contributed by atoms with Crippen molar-refractivity contribution in [2.24, 2.45) is 5.92 Å². The van der Waals surface area contributed by atoms with Gasteiger partial charge in [-0.05, 0) is 18.6 Å². The zero-order valence-corrected chi connectivity index (χ0v) is 12.1. The summed E-state index contributed by atoms with van der Waals surface area (Å²) in [6.45, 7) is 6.43. The molecule has 1 aromatic carbocycles. The monoisotopic (exact) mass is 276 g/mol. The van der Waals surface area contributed by atoms with Crippen LogP contribution in [0.5, 0.6) is 5.75 Å². The molecule has 0 radical (unpaired) electrons. The Bertz CT molecular complexity index is 526. The van der Waals surface area contributed by atoms with E-state index in [0.717, 1.165) is 12.1 Å². The molecule has 108 valence electrons. The van der Waals surface area contributed by atoms with Crippen molar-refractivity contribution in [1.82, 2.24) is 0 Å². The van der Waals surface area contributed by atoms with Gasteiger partial charge in [-0.1, -0.05) is 20.8 Å². The highest BCUT2D eigenvalue weighted by Crippen LogP contribution is 2.34. The summed E-state index contributed by atoms with van der Waals surface area (Å²) in [5, 5.41) is 2.83. The highest BCUT2D eigenvalue weighted by atomic mass is 16.5. The number of nitrogens with zero attached hydrogens (tertiary/aromatic N) is 1. The van der Waals surface area contributed by atoms with E-state index in [2.05, 4.69) is 5.32 Å². The van der Waals surface area contributed by atoms with Gasteiger partial charge in [0.2, 0.25) is 5.91 Å². The normalized spacial score (nSPS) is 14.0. The lowest BCUT2D eigenvalue weighted by molar-refractivity contribution is -0.121. The van der Waals surface area contributed by atoms with Crippen LogP contribution in [0.1, 0.15) is 27.2 Å². The fourth-order valence-electron chi connectivity index (χ4n) is 2.04. The van der Waals surface area contributed by atoms with E-state index < -0.39 is 0 Å². The maximum absolute atomic E-state index is 11.8. The van der Waals surface area contributed by atoms with Crippen molar-refractivity contribution in [3.63, 3.8) is 0 Å². The molecule has 1 aliphatic rings. The first-order chi connectivity index (χ1) is 9.52. The lowest BCUT2D eigenvalue weighted by Gasteiger charge is -2.29. The van der Waals surface area contributed by atoms with E-state index in [9.17, 15) is 9.59 Å². The fourth-order valence-corrected chi connectivity index (χ4v) is 2.04. The fraction of sp³-hybridized carbons (Fsp3) is 0.467. The van der Waals surface area contributed by atoms with Crippen LogP contribution < -0.4 is 15.0 Å². The lowest BCUT2D eigenvalue weighted by atomic mass is 10.1. The molecule has 0 aromatic heterocycles. The molecule has 1 heterocycles. The van der Waals surface area contributed by atoms with Crippen LogP contribution in [0.2, 0.25) is 0 Å². The van der Waals surface area contributed by atoms with Gasteiger partial charge in [0.1, 0.15) is 5.75 Å². The summed E-state index contributed by atoms with van der Waals surface area (Å²) >= 11 is 0. The second-order valence-electron chi connectivity index (χ2n) is 5.16. The molecule has 5 nitrogen and oxygen atoms in total. The standard InChI is InChI=1S/C15H20N2O3/c1-4-7-17-12-6-5-11(16-15(19)10(2)3)8-13(12)20-9-14(17)18/h5-6,8,10H,4,7,9H2,1-3H3,(H,16,19). The largest absolute Gasteiger partial charge is 0.481 e. The van der Waals surface area contributed by atoms with Gasteiger partial charge >= 0.3 is 0 Å². The third kappa shape index (κ3) is 2.92. The van der Waals surface area contributed by atoms with Gasteiger partial charge in [0, 0.05) is 24.2 Å². The van der Waals surface area contributed by atoms with E-state index in [0.29, 0.717) is 18.0 Å². The number of rotatable bonds is 4. The highest BCUT2D eigenvalue weighted by Gasteiger charge is 2.25. The molecule has 1 aromatic rings. The van der Waals surface area contributed by atoms with Crippen LogP contribution in [-0.4, -0.2) is 25.0 Å². The molecule has 0 aliphatic carbocycles. The van der Waals surface area contributed by atoms with Gasteiger partial charge in [-0.3, -0.25) is 9.59 Å². The number of benzene rings is 1. The number of nitrogens with one attached hydrogen (secondary N) is 1.